The Labute approximate surface area is 190 Å². The lowest BCUT2D eigenvalue weighted by atomic mass is 9.44. The van der Waals surface area contributed by atoms with Gasteiger partial charge in [-0.1, -0.05) is 27.7 Å². The van der Waals surface area contributed by atoms with Crippen LogP contribution in [0.4, 0.5) is 0 Å². The largest absolute Gasteiger partial charge is 0.381 e. The van der Waals surface area contributed by atoms with E-state index >= 15 is 0 Å². The van der Waals surface area contributed by atoms with Gasteiger partial charge in [-0.2, -0.15) is 0 Å². The molecular formula is C28H46O3. The van der Waals surface area contributed by atoms with Gasteiger partial charge >= 0.3 is 0 Å². The Bertz CT molecular complexity index is 698. The number of methoxy groups -OCH3 is 1. The van der Waals surface area contributed by atoms with Crippen molar-refractivity contribution >= 4 is 0 Å². The number of hydrogen-bond acceptors (Lipinski definition) is 3. The summed E-state index contributed by atoms with van der Waals surface area (Å²) in [5, 5.41) is 0. The van der Waals surface area contributed by atoms with E-state index in [0.717, 1.165) is 36.7 Å². The van der Waals surface area contributed by atoms with E-state index in [9.17, 15) is 0 Å². The van der Waals surface area contributed by atoms with Crippen LogP contribution in [0.2, 0.25) is 0 Å². The van der Waals surface area contributed by atoms with Crippen molar-refractivity contribution in [1.29, 1.82) is 0 Å². The van der Waals surface area contributed by atoms with Gasteiger partial charge in [-0.15, -0.1) is 0 Å². The molecule has 4 saturated carbocycles. The van der Waals surface area contributed by atoms with Crippen molar-refractivity contribution in [3.63, 3.8) is 0 Å². The second kappa shape index (κ2) is 7.19. The summed E-state index contributed by atoms with van der Waals surface area (Å²) in [6.07, 6.45) is 14.3. The molecule has 0 aromatic rings. The van der Waals surface area contributed by atoms with Gasteiger partial charge in [0.25, 0.3) is 0 Å². The minimum absolute atomic E-state index is 0.269. The molecule has 6 aliphatic rings. The van der Waals surface area contributed by atoms with E-state index in [2.05, 4.69) is 27.7 Å². The van der Waals surface area contributed by atoms with Crippen LogP contribution in [0.5, 0.6) is 0 Å². The van der Waals surface area contributed by atoms with Crippen LogP contribution < -0.4 is 0 Å². The predicted molar refractivity (Wildman–Crippen MR) is 123 cm³/mol. The summed E-state index contributed by atoms with van der Waals surface area (Å²) in [7, 11) is 1.92. The summed E-state index contributed by atoms with van der Waals surface area (Å²) >= 11 is 0. The molecule has 176 valence electrons. The average Bonchev–Trinajstić information content (AvgIpc) is 3.20. The van der Waals surface area contributed by atoms with Crippen molar-refractivity contribution in [2.45, 2.75) is 110 Å². The highest BCUT2D eigenvalue weighted by molar-refractivity contribution is 5.15. The summed E-state index contributed by atoms with van der Waals surface area (Å²) in [4.78, 5) is 0. The molecule has 5 unspecified atom stereocenters. The lowest BCUT2D eigenvalue weighted by Gasteiger charge is -2.61. The zero-order valence-corrected chi connectivity index (χ0v) is 20.7. The summed E-state index contributed by atoms with van der Waals surface area (Å²) < 4.78 is 19.2. The first-order chi connectivity index (χ1) is 14.8. The summed E-state index contributed by atoms with van der Waals surface area (Å²) in [6, 6.07) is 0. The zero-order chi connectivity index (χ0) is 21.6. The van der Waals surface area contributed by atoms with Crippen LogP contribution in [0.1, 0.15) is 91.9 Å². The van der Waals surface area contributed by atoms with Crippen molar-refractivity contribution in [3.05, 3.63) is 0 Å². The third kappa shape index (κ3) is 2.88. The van der Waals surface area contributed by atoms with Gasteiger partial charge < -0.3 is 14.2 Å². The molecule has 12 atom stereocenters. The van der Waals surface area contributed by atoms with Crippen molar-refractivity contribution in [3.8, 4) is 0 Å². The molecule has 0 N–H and O–H groups in total. The molecule has 3 heteroatoms. The molecule has 0 radical (unpaired) electrons. The van der Waals surface area contributed by atoms with Crippen molar-refractivity contribution < 1.29 is 14.2 Å². The fraction of sp³-hybridized carbons (Fsp3) is 1.00. The van der Waals surface area contributed by atoms with Gasteiger partial charge in [0.1, 0.15) is 0 Å². The molecule has 2 saturated heterocycles. The molecule has 2 heterocycles. The minimum Gasteiger partial charge on any atom is -0.381 e. The lowest BCUT2D eigenvalue weighted by molar-refractivity contribution is -0.273. The molecule has 0 aromatic heterocycles. The van der Waals surface area contributed by atoms with Crippen LogP contribution in [-0.4, -0.2) is 31.7 Å². The minimum atomic E-state index is -0.269. The van der Waals surface area contributed by atoms with E-state index in [4.69, 9.17) is 14.2 Å². The van der Waals surface area contributed by atoms with Crippen LogP contribution in [0.15, 0.2) is 0 Å². The Kier molecular flexibility index (Phi) is 4.97. The molecule has 0 bridgehead atoms. The van der Waals surface area contributed by atoms with Gasteiger partial charge in [0.2, 0.25) is 0 Å². The van der Waals surface area contributed by atoms with Crippen molar-refractivity contribution in [1.82, 2.24) is 0 Å². The zero-order valence-electron chi connectivity index (χ0n) is 20.7. The topological polar surface area (TPSA) is 27.7 Å². The maximum atomic E-state index is 6.93. The van der Waals surface area contributed by atoms with Gasteiger partial charge in [0.15, 0.2) is 5.79 Å². The molecule has 6 rings (SSSR count). The predicted octanol–water partition coefficient (Wildman–Crippen LogP) is 6.45. The molecule has 4 aliphatic carbocycles. The Morgan fingerprint density at radius 2 is 1.65 bits per heavy atom. The molecule has 0 amide bonds. The highest BCUT2D eigenvalue weighted by Crippen LogP contribution is 2.71. The first kappa shape index (κ1) is 21.4. The normalized spacial score (nSPS) is 60.9. The SMILES string of the molecule is CO[C@H]1CC[C@]2(C)C3CC[C@@]4(C)C(CC5O[C@]6(CC[C@@H](C)CO6)[C@H](C)C54)C3CC[C@@H]2C1. The molecular weight excluding hydrogens is 384 g/mol. The third-order valence-electron chi connectivity index (χ3n) is 12.2. The standard InChI is InChI=1S/C28H46O3/c1-17-8-13-28(30-16-17)18(2)25-24(31-28)15-23-21-7-6-19-14-20(29-5)9-11-26(19,3)22(21)10-12-27(23,25)4/h17-25H,6-16H2,1-5H3/t17-,18-,19-,20+,21?,22?,23?,24?,25?,26+,27+,28-/m1/s1. The van der Waals surface area contributed by atoms with Crippen LogP contribution in [0.25, 0.3) is 0 Å². The molecule has 0 aromatic carbocycles. The van der Waals surface area contributed by atoms with E-state index < -0.39 is 0 Å². The second-order valence-electron chi connectivity index (χ2n) is 13.3. The van der Waals surface area contributed by atoms with E-state index in [1.807, 2.05) is 7.11 Å². The maximum absolute atomic E-state index is 6.93. The quantitative estimate of drug-likeness (QED) is 0.478. The van der Waals surface area contributed by atoms with Crippen molar-refractivity contribution in [2.75, 3.05) is 13.7 Å². The monoisotopic (exact) mass is 430 g/mol. The fourth-order valence-electron chi connectivity index (χ4n) is 10.5. The van der Waals surface area contributed by atoms with Crippen LogP contribution in [-0.2, 0) is 14.2 Å². The lowest BCUT2D eigenvalue weighted by Crippen LogP contribution is -2.55. The molecule has 1 spiro atoms. The Balaban J connectivity index is 1.24. The molecule has 3 nitrogen and oxygen atoms in total. The average molecular weight is 431 g/mol. The van der Waals surface area contributed by atoms with E-state index in [1.165, 1.54) is 57.8 Å². The molecule has 6 fully saturated rings. The Morgan fingerprint density at radius 1 is 0.839 bits per heavy atom. The van der Waals surface area contributed by atoms with Crippen molar-refractivity contribution in [2.24, 2.45) is 52.3 Å². The molecule has 31 heavy (non-hydrogen) atoms. The third-order valence-corrected chi connectivity index (χ3v) is 12.2. The van der Waals surface area contributed by atoms with E-state index in [-0.39, 0.29) is 5.79 Å². The van der Waals surface area contributed by atoms with Crippen LogP contribution in [0, 0.1) is 52.3 Å². The highest BCUT2D eigenvalue weighted by Gasteiger charge is 2.69. The van der Waals surface area contributed by atoms with Gasteiger partial charge in [-0.05, 0) is 104 Å². The molecule has 2 aliphatic heterocycles. The van der Waals surface area contributed by atoms with Gasteiger partial charge in [0, 0.05) is 19.4 Å². The first-order valence-corrected chi connectivity index (χ1v) is 13.7. The summed E-state index contributed by atoms with van der Waals surface area (Å²) in [5.41, 5.74) is 1.00. The smallest absolute Gasteiger partial charge is 0.171 e. The van der Waals surface area contributed by atoms with E-state index in [0.29, 0.717) is 40.8 Å². The van der Waals surface area contributed by atoms with Crippen LogP contribution >= 0.6 is 0 Å². The number of ether oxygens (including phenoxy) is 3. The summed E-state index contributed by atoms with van der Waals surface area (Å²) in [5.74, 6) is 5.25. The number of rotatable bonds is 1. The number of fused-ring (bicyclic) bond motifs is 7. The summed E-state index contributed by atoms with van der Waals surface area (Å²) in [6.45, 7) is 11.0. The maximum Gasteiger partial charge on any atom is 0.171 e. The van der Waals surface area contributed by atoms with Gasteiger partial charge in [-0.25, -0.2) is 0 Å². The van der Waals surface area contributed by atoms with E-state index in [1.54, 1.807) is 0 Å². The van der Waals surface area contributed by atoms with Gasteiger partial charge in [-0.3, -0.25) is 0 Å². The highest BCUT2D eigenvalue weighted by atomic mass is 16.7. The second-order valence-corrected chi connectivity index (χ2v) is 13.3. The Morgan fingerprint density at radius 3 is 2.39 bits per heavy atom. The van der Waals surface area contributed by atoms with Gasteiger partial charge in [0.05, 0.1) is 18.8 Å². The first-order valence-electron chi connectivity index (χ1n) is 13.7. The number of hydrogen-bond donors (Lipinski definition) is 0. The van der Waals surface area contributed by atoms with Crippen LogP contribution in [0.3, 0.4) is 0 Å². The fourth-order valence-corrected chi connectivity index (χ4v) is 10.5. The Hall–Kier alpha value is -0.120.